The van der Waals surface area contributed by atoms with E-state index in [9.17, 15) is 4.79 Å². The van der Waals surface area contributed by atoms with Crippen LogP contribution >= 0.6 is 0 Å². The van der Waals surface area contributed by atoms with Gasteiger partial charge in [0.05, 0.1) is 6.10 Å². The lowest BCUT2D eigenvalue weighted by Crippen LogP contribution is -2.37. The molecular formula is C16H26N2O2. The summed E-state index contributed by atoms with van der Waals surface area (Å²) in [5.41, 5.74) is 0.916. The fourth-order valence-corrected chi connectivity index (χ4v) is 1.76. The lowest BCUT2D eigenvalue weighted by atomic mass is 10.2. The quantitative estimate of drug-likeness (QED) is 0.718. The lowest BCUT2D eigenvalue weighted by molar-refractivity contribution is -0.121. The van der Waals surface area contributed by atoms with Crippen molar-refractivity contribution in [3.8, 4) is 5.75 Å². The maximum Gasteiger partial charge on any atom is 0.242 e. The van der Waals surface area contributed by atoms with E-state index >= 15 is 0 Å². The molecule has 20 heavy (non-hydrogen) atoms. The number of hydrogen-bond donors (Lipinski definition) is 2. The van der Waals surface area contributed by atoms with Crippen LogP contribution in [-0.4, -0.2) is 24.6 Å². The summed E-state index contributed by atoms with van der Waals surface area (Å²) in [5, 5.41) is 6.10. The van der Waals surface area contributed by atoms with Crippen LogP contribution in [0.15, 0.2) is 24.3 Å². The van der Waals surface area contributed by atoms with Crippen LogP contribution in [0, 0.1) is 0 Å². The van der Waals surface area contributed by atoms with E-state index in [1.54, 1.807) is 0 Å². The summed E-state index contributed by atoms with van der Waals surface area (Å²) < 4.78 is 5.58. The maximum atomic E-state index is 11.8. The Morgan fingerprint density at radius 3 is 2.40 bits per heavy atom. The molecule has 0 aliphatic carbocycles. The number of rotatable bonds is 8. The predicted molar refractivity (Wildman–Crippen MR) is 83.2 cm³/mol. The molecule has 2 N–H and O–H groups in total. The molecule has 1 aromatic carbocycles. The number of carbonyl (C=O) groups is 1. The van der Waals surface area contributed by atoms with E-state index in [0.29, 0.717) is 0 Å². The first kappa shape index (κ1) is 16.3. The maximum absolute atomic E-state index is 11.8. The van der Waals surface area contributed by atoms with Crippen molar-refractivity contribution in [1.29, 1.82) is 0 Å². The number of hydrogen-bond acceptors (Lipinski definition) is 3. The summed E-state index contributed by atoms with van der Waals surface area (Å²) in [6.07, 6.45) is 2.26. The fraction of sp³-hybridized carbons (Fsp3) is 0.562. The van der Waals surface area contributed by atoms with E-state index in [0.717, 1.165) is 30.8 Å². The number of carbonyl (C=O) groups excluding carboxylic acids is 1. The van der Waals surface area contributed by atoms with E-state index in [1.807, 2.05) is 45.0 Å². The molecule has 0 spiro atoms. The Morgan fingerprint density at radius 1 is 1.20 bits per heavy atom. The van der Waals surface area contributed by atoms with E-state index < -0.39 is 0 Å². The van der Waals surface area contributed by atoms with Crippen molar-refractivity contribution in [3.05, 3.63) is 24.3 Å². The molecule has 4 heteroatoms. The van der Waals surface area contributed by atoms with Crippen LogP contribution in [0.25, 0.3) is 0 Å². The molecule has 1 atom stereocenters. The lowest BCUT2D eigenvalue weighted by Gasteiger charge is -2.16. The van der Waals surface area contributed by atoms with Crippen molar-refractivity contribution >= 4 is 11.6 Å². The molecule has 0 radical (unpaired) electrons. The van der Waals surface area contributed by atoms with Gasteiger partial charge < -0.3 is 15.4 Å². The molecule has 0 saturated heterocycles. The van der Waals surface area contributed by atoms with Crippen LogP contribution in [-0.2, 0) is 4.79 Å². The topological polar surface area (TPSA) is 50.4 Å². The van der Waals surface area contributed by atoms with Crippen LogP contribution in [0.5, 0.6) is 5.75 Å². The third-order valence-electron chi connectivity index (χ3n) is 2.83. The molecule has 0 bridgehead atoms. The summed E-state index contributed by atoms with van der Waals surface area (Å²) >= 11 is 0. The van der Waals surface area contributed by atoms with Gasteiger partial charge in [-0.3, -0.25) is 4.79 Å². The van der Waals surface area contributed by atoms with Gasteiger partial charge in [-0.25, -0.2) is 0 Å². The van der Waals surface area contributed by atoms with E-state index in [4.69, 9.17) is 4.74 Å². The molecular weight excluding hydrogens is 252 g/mol. The minimum atomic E-state index is -0.247. The number of nitrogens with one attached hydrogen (secondary N) is 2. The molecule has 1 unspecified atom stereocenters. The highest BCUT2D eigenvalue weighted by Crippen LogP contribution is 2.17. The number of anilines is 1. The molecule has 1 aromatic rings. The van der Waals surface area contributed by atoms with Crippen molar-refractivity contribution in [2.75, 3.05) is 11.9 Å². The van der Waals surface area contributed by atoms with Crippen molar-refractivity contribution in [2.24, 2.45) is 0 Å². The zero-order chi connectivity index (χ0) is 15.0. The van der Waals surface area contributed by atoms with E-state index in [2.05, 4.69) is 17.6 Å². The summed E-state index contributed by atoms with van der Waals surface area (Å²) in [7, 11) is 0. The second-order valence-corrected chi connectivity index (χ2v) is 5.20. The summed E-state index contributed by atoms with van der Waals surface area (Å²) in [6.45, 7) is 8.70. The van der Waals surface area contributed by atoms with Crippen LogP contribution in [0.4, 0.5) is 5.69 Å². The van der Waals surface area contributed by atoms with Gasteiger partial charge in [0.25, 0.3) is 0 Å². The van der Waals surface area contributed by atoms with Gasteiger partial charge in [0, 0.05) is 12.2 Å². The average Bonchev–Trinajstić information content (AvgIpc) is 2.40. The molecule has 4 nitrogen and oxygen atoms in total. The zero-order valence-corrected chi connectivity index (χ0v) is 12.9. The first-order valence-corrected chi connectivity index (χ1v) is 7.34. The Hall–Kier alpha value is -1.71. The third-order valence-corrected chi connectivity index (χ3v) is 2.83. The fourth-order valence-electron chi connectivity index (χ4n) is 1.76. The van der Waals surface area contributed by atoms with Crippen LogP contribution in [0.1, 0.15) is 40.5 Å². The van der Waals surface area contributed by atoms with Crippen LogP contribution in [0.3, 0.4) is 0 Å². The van der Waals surface area contributed by atoms with Gasteiger partial charge in [0.2, 0.25) is 5.91 Å². The Labute approximate surface area is 121 Å². The molecule has 0 saturated carbocycles. The molecule has 0 aliphatic heterocycles. The number of unbranched alkanes of at least 4 members (excludes halogenated alkanes) is 1. The van der Waals surface area contributed by atoms with Crippen molar-refractivity contribution in [2.45, 2.75) is 52.7 Å². The molecule has 0 heterocycles. The minimum Gasteiger partial charge on any atom is -0.491 e. The van der Waals surface area contributed by atoms with Gasteiger partial charge in [-0.05, 0) is 51.5 Å². The van der Waals surface area contributed by atoms with Gasteiger partial charge >= 0.3 is 0 Å². The second-order valence-electron chi connectivity index (χ2n) is 5.20. The Bertz CT molecular complexity index is 401. The Morgan fingerprint density at radius 2 is 1.85 bits per heavy atom. The van der Waals surface area contributed by atoms with Gasteiger partial charge in [0.1, 0.15) is 11.8 Å². The van der Waals surface area contributed by atoms with Gasteiger partial charge in [0.15, 0.2) is 0 Å². The molecule has 1 amide bonds. The second kappa shape index (κ2) is 8.46. The molecule has 0 aliphatic rings. The van der Waals surface area contributed by atoms with Crippen LogP contribution in [0.2, 0.25) is 0 Å². The summed E-state index contributed by atoms with van der Waals surface area (Å²) in [4.78, 5) is 11.8. The standard InChI is InChI=1S/C16H26N2O2/c1-5-6-11-17-16(19)13(4)18-14-7-9-15(10-8-14)20-12(2)3/h7-10,12-13,18H,5-6,11H2,1-4H3,(H,17,19). The van der Waals surface area contributed by atoms with Gasteiger partial charge in [-0.15, -0.1) is 0 Å². The number of ether oxygens (including phenoxy) is 1. The largest absolute Gasteiger partial charge is 0.491 e. The normalized spacial score (nSPS) is 12.1. The van der Waals surface area contributed by atoms with E-state index in [1.165, 1.54) is 0 Å². The summed E-state index contributed by atoms with van der Waals surface area (Å²) in [6, 6.07) is 7.42. The highest BCUT2D eigenvalue weighted by Gasteiger charge is 2.11. The first-order chi connectivity index (χ1) is 9.52. The molecule has 0 aromatic heterocycles. The van der Waals surface area contributed by atoms with Crippen molar-refractivity contribution < 1.29 is 9.53 Å². The molecule has 0 fully saturated rings. The Balaban J connectivity index is 2.45. The minimum absolute atomic E-state index is 0.0287. The van der Waals surface area contributed by atoms with Crippen LogP contribution < -0.4 is 15.4 Å². The Kier molecular flexibility index (Phi) is 6.91. The van der Waals surface area contributed by atoms with Crippen molar-refractivity contribution in [3.63, 3.8) is 0 Å². The highest BCUT2D eigenvalue weighted by atomic mass is 16.5. The highest BCUT2D eigenvalue weighted by molar-refractivity contribution is 5.84. The van der Waals surface area contributed by atoms with Gasteiger partial charge in [-0.2, -0.15) is 0 Å². The van der Waals surface area contributed by atoms with Gasteiger partial charge in [-0.1, -0.05) is 13.3 Å². The predicted octanol–water partition coefficient (Wildman–Crippen LogP) is 3.19. The number of amides is 1. The van der Waals surface area contributed by atoms with E-state index in [-0.39, 0.29) is 18.1 Å². The SMILES string of the molecule is CCCCNC(=O)C(C)Nc1ccc(OC(C)C)cc1. The zero-order valence-electron chi connectivity index (χ0n) is 12.9. The smallest absolute Gasteiger partial charge is 0.242 e. The summed E-state index contributed by atoms with van der Waals surface area (Å²) in [5.74, 6) is 0.867. The average molecular weight is 278 g/mol. The third kappa shape index (κ3) is 5.95. The molecule has 112 valence electrons. The number of benzene rings is 1. The monoisotopic (exact) mass is 278 g/mol. The van der Waals surface area contributed by atoms with Crippen molar-refractivity contribution in [1.82, 2.24) is 5.32 Å². The first-order valence-electron chi connectivity index (χ1n) is 7.34. The molecule has 1 rings (SSSR count).